The van der Waals surface area contributed by atoms with Gasteiger partial charge >= 0.3 is 27.7 Å². The van der Waals surface area contributed by atoms with E-state index in [0.717, 1.165) is 49.8 Å². The molecule has 6 rings (SSSR count). The number of amides is 1. The van der Waals surface area contributed by atoms with Gasteiger partial charge in [0.25, 0.3) is 6.73 Å². The van der Waals surface area contributed by atoms with Crippen molar-refractivity contribution >= 4 is 32.9 Å². The fourth-order valence-electron chi connectivity index (χ4n) is 4.50. The summed E-state index contributed by atoms with van der Waals surface area (Å²) in [6.45, 7) is 15.0. The van der Waals surface area contributed by atoms with Crippen LogP contribution in [0.3, 0.4) is 0 Å². The van der Waals surface area contributed by atoms with E-state index in [1.54, 1.807) is 15.5 Å². The van der Waals surface area contributed by atoms with Crippen LogP contribution < -0.4 is 14.2 Å². The van der Waals surface area contributed by atoms with Crippen LogP contribution in [-0.2, 0) is 9.32 Å². The second-order valence-electron chi connectivity index (χ2n) is 11.2. The summed E-state index contributed by atoms with van der Waals surface area (Å²) >= 11 is 0. The summed E-state index contributed by atoms with van der Waals surface area (Å²) in [6, 6.07) is 17.9. The molecule has 3 aromatic carbocycles. The normalized spacial score (nSPS) is 14.5. The standard InChI is InChI=1S/C12H18NO2Si.C11H12NO2.C9H10NO2/c1-10-6-5-7-11-8-13(9-14-12(10)11)15-16(2,3)4;1-8-4-3-5-10-6-12(9(2)13)7-14-11(8)10;1-7-3-2-4-8-5-10(11)6-12-9(7)8/h5-8H,9H2,1-4H3;3-6H,7H2,1-2H3;2-5,11H,6H2,1H3/q3*+1. The molecule has 10 heteroatoms. The highest BCUT2D eigenvalue weighted by atomic mass is 28.4. The number of rotatable bonds is 2. The Morgan fingerprint density at radius 3 is 1.67 bits per heavy atom. The third-order valence-corrected chi connectivity index (χ3v) is 7.20. The molecule has 3 aliphatic rings. The number of aryl methyl sites for hydroxylation is 3. The van der Waals surface area contributed by atoms with E-state index < -0.39 is 8.32 Å². The molecule has 1 N–H and O–H groups in total. The molecule has 0 unspecified atom stereocenters. The van der Waals surface area contributed by atoms with E-state index in [-0.39, 0.29) is 12.6 Å². The molecule has 0 saturated carbocycles. The Labute approximate surface area is 248 Å². The van der Waals surface area contributed by atoms with Gasteiger partial charge in [-0.15, -0.1) is 4.58 Å². The first-order chi connectivity index (χ1) is 19.9. The Hall–Kier alpha value is -4.44. The third-order valence-electron chi connectivity index (χ3n) is 6.41. The number of para-hydroxylation sites is 3. The number of ether oxygens (including phenoxy) is 3. The first-order valence-corrected chi connectivity index (χ1v) is 17.2. The topological polar surface area (TPSA) is 83.3 Å². The number of carbonyl (C=O) groups is 1. The van der Waals surface area contributed by atoms with Crippen LogP contribution in [0.1, 0.15) is 40.3 Å². The molecule has 3 aliphatic heterocycles. The zero-order chi connectivity index (χ0) is 30.4. The highest BCUT2D eigenvalue weighted by Crippen LogP contribution is 2.26. The largest absolute Gasteiger partial charge is 0.435 e. The Morgan fingerprint density at radius 1 is 0.714 bits per heavy atom. The molecule has 3 aromatic rings. The van der Waals surface area contributed by atoms with Gasteiger partial charge in [0.1, 0.15) is 17.2 Å². The van der Waals surface area contributed by atoms with Crippen molar-refractivity contribution in [3.63, 3.8) is 0 Å². The fraction of sp³-hybridized carbons (Fsp3) is 0.312. The molecular formula is C32H40N3O6Si+3. The maximum Gasteiger partial charge on any atom is 0.386 e. The molecule has 0 bridgehead atoms. The lowest BCUT2D eigenvalue weighted by Crippen LogP contribution is -2.36. The third kappa shape index (κ3) is 7.85. The molecule has 220 valence electrons. The van der Waals surface area contributed by atoms with Gasteiger partial charge in [-0.1, -0.05) is 36.4 Å². The number of hydrogen-bond donors (Lipinski definition) is 1. The van der Waals surface area contributed by atoms with Gasteiger partial charge in [0, 0.05) is 4.74 Å². The zero-order valence-corrected chi connectivity index (χ0v) is 26.4. The van der Waals surface area contributed by atoms with Crippen LogP contribution in [0.4, 0.5) is 0 Å². The number of carbonyl (C=O) groups excluding carboxylic acids is 1. The monoisotopic (exact) mass is 590 g/mol. The molecule has 0 atom stereocenters. The minimum Gasteiger partial charge on any atom is -0.435 e. The average molecular weight is 591 g/mol. The van der Waals surface area contributed by atoms with E-state index in [0.29, 0.717) is 13.5 Å². The first-order valence-electron chi connectivity index (χ1n) is 13.8. The Bertz CT molecular complexity index is 1570. The number of fused-ring (bicyclic) bond motifs is 3. The summed E-state index contributed by atoms with van der Waals surface area (Å²) in [7, 11) is -1.56. The lowest BCUT2D eigenvalue weighted by atomic mass is 10.1. The van der Waals surface area contributed by atoms with Crippen molar-refractivity contribution in [3.05, 3.63) is 88.0 Å². The lowest BCUT2D eigenvalue weighted by Gasteiger charge is -2.18. The number of hydroxylamine groups is 2. The van der Waals surface area contributed by atoms with Crippen LogP contribution in [0.5, 0.6) is 17.2 Å². The van der Waals surface area contributed by atoms with Gasteiger partial charge < -0.3 is 18.7 Å². The Kier molecular flexibility index (Phi) is 9.47. The summed E-state index contributed by atoms with van der Waals surface area (Å²) in [5.41, 5.74) is 6.33. The molecule has 0 saturated heterocycles. The second kappa shape index (κ2) is 13.0. The number of hydrogen-bond acceptors (Lipinski definition) is 6. The lowest BCUT2D eigenvalue weighted by molar-refractivity contribution is -0.789. The number of nitrogens with zero attached hydrogens (tertiary/aromatic N) is 3. The van der Waals surface area contributed by atoms with Gasteiger partial charge in [-0.3, -0.25) is 5.21 Å². The maximum atomic E-state index is 11.1. The predicted octanol–water partition coefficient (Wildman–Crippen LogP) is 5.03. The summed E-state index contributed by atoms with van der Waals surface area (Å²) in [4.78, 5) is 11.1. The van der Waals surface area contributed by atoms with E-state index in [1.165, 1.54) is 12.5 Å². The van der Waals surface area contributed by atoms with Crippen molar-refractivity contribution in [1.82, 2.24) is 0 Å². The summed E-state index contributed by atoms with van der Waals surface area (Å²) in [5, 5.41) is 9.10. The molecule has 3 heterocycles. The van der Waals surface area contributed by atoms with Crippen molar-refractivity contribution in [2.45, 2.75) is 47.3 Å². The van der Waals surface area contributed by atoms with Crippen molar-refractivity contribution in [1.29, 1.82) is 0 Å². The highest BCUT2D eigenvalue weighted by molar-refractivity contribution is 6.69. The summed E-state index contributed by atoms with van der Waals surface area (Å²) in [5.74, 6) is 2.71. The van der Waals surface area contributed by atoms with Gasteiger partial charge in [0.05, 0.1) is 23.6 Å². The Morgan fingerprint density at radius 2 is 1.17 bits per heavy atom. The van der Waals surface area contributed by atoms with E-state index in [9.17, 15) is 4.79 Å². The molecule has 1 amide bonds. The van der Waals surface area contributed by atoms with E-state index in [1.807, 2.05) is 74.8 Å². The molecule has 0 spiro atoms. The maximum absolute atomic E-state index is 11.1. The first kappa shape index (κ1) is 30.5. The molecule has 0 fully saturated rings. The van der Waals surface area contributed by atoms with Gasteiger partial charge in [0.2, 0.25) is 12.4 Å². The minimum atomic E-state index is -1.56. The van der Waals surface area contributed by atoms with E-state index in [2.05, 4.69) is 32.6 Å². The fourth-order valence-corrected chi connectivity index (χ4v) is 5.31. The van der Waals surface area contributed by atoms with Crippen LogP contribution in [-0.4, -0.2) is 72.3 Å². The van der Waals surface area contributed by atoms with Crippen LogP contribution in [0, 0.1) is 20.8 Å². The van der Waals surface area contributed by atoms with Gasteiger partial charge in [0.15, 0.2) is 6.21 Å². The SMILES string of the molecule is CC(=O)[N+]1=Cc2cccc(C)c2OC1.Cc1cccc2c1OC[N+](O)=C2.Cc1cccc2c1OC[N+](O[Si](C)(C)C)=C2. The van der Waals surface area contributed by atoms with E-state index in [4.69, 9.17) is 23.9 Å². The minimum absolute atomic E-state index is 0.00263. The summed E-state index contributed by atoms with van der Waals surface area (Å²) in [6.07, 6.45) is 5.50. The van der Waals surface area contributed by atoms with Crippen molar-refractivity contribution in [2.24, 2.45) is 0 Å². The van der Waals surface area contributed by atoms with Gasteiger partial charge in [-0.05, 0) is 80.0 Å². The Balaban J connectivity index is 0.000000146. The van der Waals surface area contributed by atoms with Gasteiger partial charge in [-0.2, -0.15) is 0 Å². The quantitative estimate of drug-likeness (QED) is 0.256. The van der Waals surface area contributed by atoms with Crippen LogP contribution in [0.15, 0.2) is 54.6 Å². The summed E-state index contributed by atoms with van der Waals surface area (Å²) < 4.78 is 26.8. The highest BCUT2D eigenvalue weighted by Gasteiger charge is 2.28. The van der Waals surface area contributed by atoms with Crippen LogP contribution in [0.25, 0.3) is 0 Å². The van der Waals surface area contributed by atoms with E-state index >= 15 is 0 Å². The second-order valence-corrected chi connectivity index (χ2v) is 15.6. The molecule has 42 heavy (non-hydrogen) atoms. The van der Waals surface area contributed by atoms with Crippen LogP contribution >= 0.6 is 0 Å². The van der Waals surface area contributed by atoms with Crippen molar-refractivity contribution in [2.75, 3.05) is 20.2 Å². The molecule has 0 radical (unpaired) electrons. The van der Waals surface area contributed by atoms with Crippen molar-refractivity contribution in [3.8, 4) is 17.2 Å². The van der Waals surface area contributed by atoms with Gasteiger partial charge in [-0.25, -0.2) is 4.79 Å². The smallest absolute Gasteiger partial charge is 0.386 e. The predicted molar refractivity (Wildman–Crippen MR) is 163 cm³/mol. The zero-order valence-electron chi connectivity index (χ0n) is 25.4. The average Bonchev–Trinajstić information content (AvgIpc) is 2.93. The van der Waals surface area contributed by atoms with Crippen LogP contribution in [0.2, 0.25) is 19.6 Å². The molecule has 0 aliphatic carbocycles. The number of benzene rings is 3. The molecule has 0 aromatic heterocycles. The van der Waals surface area contributed by atoms with Crippen molar-refractivity contribution < 1.29 is 42.8 Å². The molecule has 9 nitrogen and oxygen atoms in total. The molecular weight excluding hydrogens is 550 g/mol.